The number of hydrogen-bond acceptors (Lipinski definition) is 4. The molecule has 23 heavy (non-hydrogen) atoms. The fourth-order valence-corrected chi connectivity index (χ4v) is 3.16. The molecule has 0 unspecified atom stereocenters. The number of carbonyl (C=O) groups excluding carboxylic acids is 1. The van der Waals surface area contributed by atoms with Gasteiger partial charge in [0, 0.05) is 19.4 Å². The van der Waals surface area contributed by atoms with E-state index in [9.17, 15) is 4.79 Å². The molecule has 122 valence electrons. The Morgan fingerprint density at radius 2 is 2.39 bits per heavy atom. The van der Waals surface area contributed by atoms with Crippen LogP contribution in [-0.4, -0.2) is 39.6 Å². The van der Waals surface area contributed by atoms with Gasteiger partial charge in [-0.15, -0.1) is 5.10 Å². The lowest BCUT2D eigenvalue weighted by atomic mass is 10.0. The van der Waals surface area contributed by atoms with Crippen molar-refractivity contribution in [3.05, 3.63) is 40.9 Å². The zero-order chi connectivity index (χ0) is 16.2. The van der Waals surface area contributed by atoms with Crippen LogP contribution in [0.2, 0.25) is 5.28 Å². The van der Waals surface area contributed by atoms with E-state index >= 15 is 0 Å². The zero-order valence-corrected chi connectivity index (χ0v) is 13.7. The van der Waals surface area contributed by atoms with Crippen molar-refractivity contribution < 1.29 is 9.53 Å². The number of rotatable bonds is 5. The van der Waals surface area contributed by atoms with Crippen LogP contribution >= 0.6 is 11.6 Å². The number of nitrogens with one attached hydrogen (secondary N) is 1. The molecular formula is C16H19ClN4O2. The summed E-state index contributed by atoms with van der Waals surface area (Å²) in [6.45, 7) is 0.790. The van der Waals surface area contributed by atoms with Crippen molar-refractivity contribution in [1.29, 1.82) is 0 Å². The molecule has 0 spiro atoms. The summed E-state index contributed by atoms with van der Waals surface area (Å²) in [5.41, 5.74) is 1.12. The second-order valence-electron chi connectivity index (χ2n) is 5.57. The first kappa shape index (κ1) is 15.8. The van der Waals surface area contributed by atoms with E-state index in [0.29, 0.717) is 18.7 Å². The second-order valence-corrected chi connectivity index (χ2v) is 5.91. The summed E-state index contributed by atoms with van der Waals surface area (Å²) in [5.74, 6) is 1.58. The van der Waals surface area contributed by atoms with Gasteiger partial charge in [0.25, 0.3) is 0 Å². The molecule has 1 aliphatic rings. The minimum Gasteiger partial charge on any atom is -0.497 e. The monoisotopic (exact) mass is 334 g/mol. The number of aromatic nitrogens is 3. The van der Waals surface area contributed by atoms with Crippen molar-refractivity contribution in [2.75, 3.05) is 13.7 Å². The van der Waals surface area contributed by atoms with Gasteiger partial charge in [0.2, 0.25) is 11.2 Å². The van der Waals surface area contributed by atoms with Crippen molar-refractivity contribution in [2.24, 2.45) is 0 Å². The number of amides is 1. The number of benzene rings is 1. The van der Waals surface area contributed by atoms with E-state index in [2.05, 4.69) is 21.2 Å². The van der Waals surface area contributed by atoms with Gasteiger partial charge < -0.3 is 9.64 Å². The maximum absolute atomic E-state index is 12.6. The lowest BCUT2D eigenvalue weighted by Crippen LogP contribution is -2.30. The number of methoxy groups -OCH3 is 1. The molecule has 3 rings (SSSR count). The van der Waals surface area contributed by atoms with Crippen LogP contribution in [0.3, 0.4) is 0 Å². The summed E-state index contributed by atoms with van der Waals surface area (Å²) < 4.78 is 5.28. The lowest BCUT2D eigenvalue weighted by molar-refractivity contribution is -0.132. The highest BCUT2D eigenvalue weighted by atomic mass is 35.5. The highest BCUT2D eigenvalue weighted by molar-refractivity contribution is 6.28. The van der Waals surface area contributed by atoms with Crippen LogP contribution in [0.15, 0.2) is 24.3 Å². The first-order valence-electron chi connectivity index (χ1n) is 7.67. The molecule has 1 aromatic carbocycles. The highest BCUT2D eigenvalue weighted by Gasteiger charge is 2.29. The quantitative estimate of drug-likeness (QED) is 0.912. The Morgan fingerprint density at radius 1 is 1.52 bits per heavy atom. The highest BCUT2D eigenvalue weighted by Crippen LogP contribution is 2.33. The summed E-state index contributed by atoms with van der Waals surface area (Å²) in [4.78, 5) is 18.5. The number of carbonyl (C=O) groups is 1. The maximum atomic E-state index is 12.6. The average molecular weight is 335 g/mol. The fourth-order valence-electron chi connectivity index (χ4n) is 3.01. The predicted octanol–water partition coefficient (Wildman–Crippen LogP) is 2.76. The Balaban J connectivity index is 1.66. The van der Waals surface area contributed by atoms with Crippen molar-refractivity contribution in [2.45, 2.75) is 31.7 Å². The van der Waals surface area contributed by atoms with Crippen LogP contribution < -0.4 is 4.74 Å². The predicted molar refractivity (Wildman–Crippen MR) is 86.4 cm³/mol. The van der Waals surface area contributed by atoms with E-state index in [-0.39, 0.29) is 17.2 Å². The van der Waals surface area contributed by atoms with Gasteiger partial charge in [-0.05, 0) is 42.1 Å². The lowest BCUT2D eigenvalue weighted by Gasteiger charge is -2.25. The minimum absolute atomic E-state index is 0.121. The number of H-pyrrole nitrogens is 1. The van der Waals surface area contributed by atoms with E-state index in [1.807, 2.05) is 23.1 Å². The molecule has 1 N–H and O–H groups in total. The van der Waals surface area contributed by atoms with Crippen LogP contribution in [0.25, 0.3) is 0 Å². The fraction of sp³-hybridized carbons (Fsp3) is 0.438. The molecule has 0 radical (unpaired) electrons. The maximum Gasteiger partial charge on any atom is 0.242 e. The van der Waals surface area contributed by atoms with Gasteiger partial charge in [0.1, 0.15) is 11.6 Å². The summed E-state index contributed by atoms with van der Waals surface area (Å²) >= 11 is 5.67. The van der Waals surface area contributed by atoms with Crippen LogP contribution in [0.5, 0.6) is 5.75 Å². The molecule has 0 saturated carbocycles. The van der Waals surface area contributed by atoms with Gasteiger partial charge in [0.05, 0.1) is 13.2 Å². The standard InChI is InChI=1S/C16H19ClN4O2/c1-23-12-5-2-4-11(10-12)13-6-3-9-21(13)15(22)8-7-14-18-16(17)20-19-14/h2,4-5,10,13H,3,6-9H2,1H3,(H,18,19,20)/t13-/m1/s1. The van der Waals surface area contributed by atoms with E-state index < -0.39 is 0 Å². The molecule has 1 aromatic heterocycles. The normalized spacial score (nSPS) is 17.5. The average Bonchev–Trinajstić information content (AvgIpc) is 3.21. The first-order valence-corrected chi connectivity index (χ1v) is 8.05. The molecule has 2 heterocycles. The van der Waals surface area contributed by atoms with Crippen molar-refractivity contribution in [1.82, 2.24) is 20.1 Å². The van der Waals surface area contributed by atoms with Crippen molar-refractivity contribution in [3.63, 3.8) is 0 Å². The molecule has 1 fully saturated rings. The third-order valence-electron chi connectivity index (χ3n) is 4.13. The summed E-state index contributed by atoms with van der Waals surface area (Å²) in [5, 5.41) is 6.68. The van der Waals surface area contributed by atoms with Gasteiger partial charge in [-0.3, -0.25) is 9.89 Å². The molecule has 0 aliphatic carbocycles. The molecular weight excluding hydrogens is 316 g/mol. The number of halogens is 1. The number of likely N-dealkylation sites (tertiary alicyclic amines) is 1. The molecule has 1 aliphatic heterocycles. The van der Waals surface area contributed by atoms with Gasteiger partial charge in [-0.2, -0.15) is 0 Å². The molecule has 7 heteroatoms. The Hall–Kier alpha value is -2.08. The Bertz CT molecular complexity index is 688. The number of nitrogens with zero attached hydrogens (tertiary/aromatic N) is 3. The zero-order valence-electron chi connectivity index (χ0n) is 13.0. The van der Waals surface area contributed by atoms with Gasteiger partial charge in [-0.25, -0.2) is 4.98 Å². The summed E-state index contributed by atoms with van der Waals surface area (Å²) in [7, 11) is 1.65. The van der Waals surface area contributed by atoms with E-state index in [1.165, 1.54) is 0 Å². The van der Waals surface area contributed by atoms with E-state index in [4.69, 9.17) is 16.3 Å². The van der Waals surface area contributed by atoms with Crippen LogP contribution in [0.1, 0.15) is 36.7 Å². The van der Waals surface area contributed by atoms with Gasteiger partial charge in [0.15, 0.2) is 0 Å². The van der Waals surface area contributed by atoms with Crippen LogP contribution in [-0.2, 0) is 11.2 Å². The second kappa shape index (κ2) is 7.00. The Kier molecular flexibility index (Phi) is 4.81. The number of aryl methyl sites for hydroxylation is 1. The Labute approximate surface area is 139 Å². The van der Waals surface area contributed by atoms with Crippen molar-refractivity contribution >= 4 is 17.5 Å². The largest absolute Gasteiger partial charge is 0.497 e. The number of aromatic amines is 1. The van der Waals surface area contributed by atoms with Gasteiger partial charge in [-0.1, -0.05) is 12.1 Å². The summed E-state index contributed by atoms with van der Waals surface area (Å²) in [6, 6.07) is 8.06. The van der Waals surface area contributed by atoms with E-state index in [0.717, 1.165) is 30.7 Å². The third kappa shape index (κ3) is 3.64. The van der Waals surface area contributed by atoms with E-state index in [1.54, 1.807) is 7.11 Å². The molecule has 1 atom stereocenters. The van der Waals surface area contributed by atoms with Gasteiger partial charge >= 0.3 is 0 Å². The topological polar surface area (TPSA) is 71.1 Å². The SMILES string of the molecule is COc1cccc([C@H]2CCCN2C(=O)CCc2nc(Cl)n[nH]2)c1. The molecule has 1 saturated heterocycles. The van der Waals surface area contributed by atoms with Crippen molar-refractivity contribution in [3.8, 4) is 5.75 Å². The molecule has 1 amide bonds. The summed E-state index contributed by atoms with van der Waals surface area (Å²) in [6.07, 6.45) is 2.90. The van der Waals surface area contributed by atoms with Crippen LogP contribution in [0.4, 0.5) is 0 Å². The smallest absolute Gasteiger partial charge is 0.242 e. The number of hydrogen-bond donors (Lipinski definition) is 1. The molecule has 2 aromatic rings. The first-order chi connectivity index (χ1) is 11.2. The molecule has 0 bridgehead atoms. The van der Waals surface area contributed by atoms with Crippen LogP contribution in [0, 0.1) is 0 Å². The Morgan fingerprint density at radius 3 is 3.13 bits per heavy atom. The third-order valence-corrected chi connectivity index (χ3v) is 4.30. The minimum atomic E-state index is 0.121. The molecule has 6 nitrogen and oxygen atoms in total. The number of ether oxygens (including phenoxy) is 1.